The van der Waals surface area contributed by atoms with Crippen LogP contribution in [0.25, 0.3) is 0 Å². The molecule has 1 rings (SSSR count). The van der Waals surface area contributed by atoms with E-state index in [2.05, 4.69) is 18.7 Å². The molecule has 3 nitrogen and oxygen atoms in total. The van der Waals surface area contributed by atoms with Gasteiger partial charge in [-0.1, -0.05) is 13.8 Å². The minimum absolute atomic E-state index is 0.117. The first kappa shape index (κ1) is 11.0. The van der Waals surface area contributed by atoms with Gasteiger partial charge in [-0.25, -0.2) is 0 Å². The largest absolute Gasteiger partial charge is 0.396 e. The van der Waals surface area contributed by atoms with Crippen molar-refractivity contribution in [3.05, 3.63) is 0 Å². The number of rotatable bonds is 3. The van der Waals surface area contributed by atoms with Gasteiger partial charge in [0.05, 0.1) is 0 Å². The Labute approximate surface area is 80.4 Å². The molecule has 13 heavy (non-hydrogen) atoms. The Kier molecular flexibility index (Phi) is 3.00. The zero-order valence-corrected chi connectivity index (χ0v) is 8.99. The lowest BCUT2D eigenvalue weighted by Gasteiger charge is -2.60. The molecular formula is C10H21NO2. The van der Waals surface area contributed by atoms with Gasteiger partial charge in [0.1, 0.15) is 0 Å². The van der Waals surface area contributed by atoms with Crippen molar-refractivity contribution in [3.63, 3.8) is 0 Å². The van der Waals surface area contributed by atoms with E-state index in [1.807, 2.05) is 14.1 Å². The van der Waals surface area contributed by atoms with Crippen molar-refractivity contribution in [2.45, 2.75) is 19.9 Å². The number of nitrogens with zero attached hydrogens (tertiary/aromatic N) is 1. The van der Waals surface area contributed by atoms with E-state index in [0.29, 0.717) is 6.04 Å². The molecule has 3 heteroatoms. The van der Waals surface area contributed by atoms with Crippen LogP contribution in [0, 0.1) is 17.3 Å². The molecule has 0 aromatic heterocycles. The van der Waals surface area contributed by atoms with E-state index in [1.165, 1.54) is 0 Å². The normalized spacial score (nSPS) is 37.6. The Balaban J connectivity index is 2.74. The summed E-state index contributed by atoms with van der Waals surface area (Å²) in [7, 11) is 4.06. The molecule has 0 aliphatic heterocycles. The van der Waals surface area contributed by atoms with E-state index in [0.717, 1.165) is 0 Å². The molecular weight excluding hydrogens is 166 g/mol. The predicted molar refractivity (Wildman–Crippen MR) is 52.4 cm³/mol. The quantitative estimate of drug-likeness (QED) is 0.662. The molecule has 0 saturated heterocycles. The molecule has 1 aliphatic carbocycles. The first-order valence-electron chi connectivity index (χ1n) is 4.85. The van der Waals surface area contributed by atoms with Crippen LogP contribution in [0.4, 0.5) is 0 Å². The third kappa shape index (κ3) is 1.49. The van der Waals surface area contributed by atoms with Gasteiger partial charge in [0.25, 0.3) is 0 Å². The van der Waals surface area contributed by atoms with Crippen molar-refractivity contribution in [1.29, 1.82) is 0 Å². The summed E-state index contributed by atoms with van der Waals surface area (Å²) in [6, 6.07) is 0.384. The van der Waals surface area contributed by atoms with Crippen molar-refractivity contribution >= 4 is 0 Å². The number of hydrogen-bond donors (Lipinski definition) is 2. The van der Waals surface area contributed by atoms with Gasteiger partial charge >= 0.3 is 0 Å². The lowest BCUT2D eigenvalue weighted by molar-refractivity contribution is -0.145. The van der Waals surface area contributed by atoms with Crippen LogP contribution in [0.3, 0.4) is 0 Å². The van der Waals surface area contributed by atoms with E-state index in [9.17, 15) is 10.2 Å². The van der Waals surface area contributed by atoms with Crippen molar-refractivity contribution in [3.8, 4) is 0 Å². The molecule has 78 valence electrons. The lowest BCUT2D eigenvalue weighted by Crippen LogP contribution is -2.65. The highest BCUT2D eigenvalue weighted by Crippen LogP contribution is 2.52. The maximum absolute atomic E-state index is 9.20. The standard InChI is InChI=1S/C10H21NO2/c1-10(2)8(6-13)7(5-12)9(10)11(3)4/h7-9,12-13H,5-6H2,1-4H3/t7-,8+,9+/m1/s1. The Hall–Kier alpha value is -0.120. The maximum atomic E-state index is 9.20. The molecule has 1 fully saturated rings. The van der Waals surface area contributed by atoms with Crippen molar-refractivity contribution in [1.82, 2.24) is 4.90 Å². The highest BCUT2D eigenvalue weighted by molar-refractivity contribution is 5.07. The summed E-state index contributed by atoms with van der Waals surface area (Å²) in [5, 5.41) is 18.4. The molecule has 0 amide bonds. The first-order valence-corrected chi connectivity index (χ1v) is 4.85. The van der Waals surface area contributed by atoms with Gasteiger partial charge in [-0.3, -0.25) is 0 Å². The van der Waals surface area contributed by atoms with Gasteiger partial charge in [0, 0.05) is 25.2 Å². The summed E-state index contributed by atoms with van der Waals surface area (Å²) in [6.45, 7) is 4.68. The van der Waals surface area contributed by atoms with Crippen molar-refractivity contribution < 1.29 is 10.2 Å². The Morgan fingerprint density at radius 3 is 2.00 bits per heavy atom. The minimum atomic E-state index is 0.117. The molecule has 1 saturated carbocycles. The Morgan fingerprint density at radius 2 is 1.69 bits per heavy atom. The molecule has 0 spiro atoms. The second-order valence-electron chi connectivity index (χ2n) is 4.87. The van der Waals surface area contributed by atoms with E-state index < -0.39 is 0 Å². The topological polar surface area (TPSA) is 43.7 Å². The summed E-state index contributed by atoms with van der Waals surface area (Å²) in [5.41, 5.74) is 0.117. The second kappa shape index (κ2) is 3.56. The van der Waals surface area contributed by atoms with Gasteiger partial charge < -0.3 is 15.1 Å². The fourth-order valence-electron chi connectivity index (χ4n) is 3.07. The molecule has 0 unspecified atom stereocenters. The number of aliphatic hydroxyl groups is 2. The molecule has 0 aromatic rings. The van der Waals surface area contributed by atoms with Crippen LogP contribution >= 0.6 is 0 Å². The average Bonchev–Trinajstić information content (AvgIpc) is 2.00. The first-order chi connectivity index (χ1) is 5.96. The summed E-state index contributed by atoms with van der Waals surface area (Å²) in [5.74, 6) is 0.472. The van der Waals surface area contributed by atoms with Crippen LogP contribution in [-0.2, 0) is 0 Å². The van der Waals surface area contributed by atoms with Crippen LogP contribution in [0.2, 0.25) is 0 Å². The van der Waals surface area contributed by atoms with Gasteiger partial charge in [0.15, 0.2) is 0 Å². The average molecular weight is 187 g/mol. The van der Waals surface area contributed by atoms with Crippen LogP contribution < -0.4 is 0 Å². The van der Waals surface area contributed by atoms with Crippen LogP contribution in [0.15, 0.2) is 0 Å². The smallest absolute Gasteiger partial charge is 0.0478 e. The minimum Gasteiger partial charge on any atom is -0.396 e. The van der Waals surface area contributed by atoms with Gasteiger partial charge in [-0.2, -0.15) is 0 Å². The van der Waals surface area contributed by atoms with Crippen LogP contribution in [0.5, 0.6) is 0 Å². The molecule has 0 aromatic carbocycles. The zero-order chi connectivity index (χ0) is 10.2. The second-order valence-corrected chi connectivity index (χ2v) is 4.87. The maximum Gasteiger partial charge on any atom is 0.0478 e. The monoisotopic (exact) mass is 187 g/mol. The zero-order valence-electron chi connectivity index (χ0n) is 8.99. The fraction of sp³-hybridized carbons (Fsp3) is 1.00. The van der Waals surface area contributed by atoms with Crippen LogP contribution in [0.1, 0.15) is 13.8 Å². The van der Waals surface area contributed by atoms with Gasteiger partial charge in [-0.05, 0) is 25.4 Å². The highest BCUT2D eigenvalue weighted by Gasteiger charge is 2.56. The highest BCUT2D eigenvalue weighted by atomic mass is 16.3. The Morgan fingerprint density at radius 1 is 1.15 bits per heavy atom. The number of hydrogen-bond acceptors (Lipinski definition) is 3. The molecule has 2 N–H and O–H groups in total. The van der Waals surface area contributed by atoms with Gasteiger partial charge in [-0.15, -0.1) is 0 Å². The summed E-state index contributed by atoms with van der Waals surface area (Å²) >= 11 is 0. The van der Waals surface area contributed by atoms with Crippen molar-refractivity contribution in [2.75, 3.05) is 27.3 Å². The van der Waals surface area contributed by atoms with Crippen molar-refractivity contribution in [2.24, 2.45) is 17.3 Å². The summed E-state index contributed by atoms with van der Waals surface area (Å²) < 4.78 is 0. The lowest BCUT2D eigenvalue weighted by atomic mass is 9.52. The third-order valence-corrected chi connectivity index (χ3v) is 3.60. The summed E-state index contributed by atoms with van der Waals surface area (Å²) in [4.78, 5) is 2.15. The predicted octanol–water partition coefficient (Wildman–Crippen LogP) is 0.173. The molecule has 0 bridgehead atoms. The van der Waals surface area contributed by atoms with Gasteiger partial charge in [0.2, 0.25) is 0 Å². The summed E-state index contributed by atoms with van der Waals surface area (Å²) in [6.07, 6.45) is 0. The van der Waals surface area contributed by atoms with E-state index in [-0.39, 0.29) is 30.5 Å². The number of aliphatic hydroxyl groups excluding tert-OH is 2. The van der Waals surface area contributed by atoms with E-state index in [1.54, 1.807) is 0 Å². The van der Waals surface area contributed by atoms with E-state index >= 15 is 0 Å². The molecule has 0 radical (unpaired) electrons. The molecule has 0 heterocycles. The fourth-order valence-corrected chi connectivity index (χ4v) is 3.07. The van der Waals surface area contributed by atoms with Crippen LogP contribution in [-0.4, -0.2) is 48.5 Å². The van der Waals surface area contributed by atoms with E-state index in [4.69, 9.17) is 0 Å². The third-order valence-electron chi connectivity index (χ3n) is 3.60. The SMILES string of the molecule is CN(C)[C@H]1[C@H](CO)[C@H](CO)C1(C)C. The Bertz CT molecular complexity index is 180. The molecule has 3 atom stereocenters. The molecule has 1 aliphatic rings.